The number of nitrogens with one attached hydrogen (secondary N) is 1. The van der Waals surface area contributed by atoms with Crippen LogP contribution in [0.3, 0.4) is 0 Å². The van der Waals surface area contributed by atoms with E-state index in [9.17, 15) is 13.2 Å². The number of imidazole rings is 1. The predicted molar refractivity (Wildman–Crippen MR) is 111 cm³/mol. The van der Waals surface area contributed by atoms with Crippen molar-refractivity contribution in [1.29, 1.82) is 0 Å². The smallest absolute Gasteiger partial charge is 0.262 e. The van der Waals surface area contributed by atoms with E-state index in [-0.39, 0.29) is 23.5 Å². The van der Waals surface area contributed by atoms with E-state index < -0.39 is 15.9 Å². The van der Waals surface area contributed by atoms with Crippen LogP contribution in [0.1, 0.15) is 32.7 Å². The maximum Gasteiger partial charge on any atom is 0.262 e. The van der Waals surface area contributed by atoms with E-state index in [2.05, 4.69) is 10.3 Å². The van der Waals surface area contributed by atoms with Gasteiger partial charge in [0.05, 0.1) is 24.4 Å². The molecule has 0 bridgehead atoms. The number of amides is 1. The summed E-state index contributed by atoms with van der Waals surface area (Å²) in [4.78, 5) is 16.8. The molecule has 2 aromatic rings. The lowest BCUT2D eigenvalue weighted by Crippen LogP contribution is -2.43. The number of hydrogen-bond acceptors (Lipinski definition) is 5. The zero-order valence-electron chi connectivity index (χ0n) is 16.6. The number of piperidine rings is 1. The molecule has 8 nitrogen and oxygen atoms in total. The molecule has 3 rings (SSSR count). The minimum atomic E-state index is -3.75. The predicted octanol–water partition coefficient (Wildman–Crippen LogP) is 3.17. The van der Waals surface area contributed by atoms with E-state index in [0.717, 1.165) is 0 Å². The third-order valence-corrected chi connectivity index (χ3v) is 7.00. The van der Waals surface area contributed by atoms with Crippen LogP contribution in [0.25, 0.3) is 0 Å². The molecule has 0 radical (unpaired) electrons. The van der Waals surface area contributed by atoms with Crippen molar-refractivity contribution in [3.8, 4) is 5.75 Å². The maximum absolute atomic E-state index is 13.0. The molecule has 1 aliphatic rings. The highest BCUT2D eigenvalue weighted by atomic mass is 35.5. The van der Waals surface area contributed by atoms with Gasteiger partial charge >= 0.3 is 0 Å². The number of methoxy groups -OCH3 is 1. The van der Waals surface area contributed by atoms with Gasteiger partial charge in [0.1, 0.15) is 5.75 Å². The van der Waals surface area contributed by atoms with E-state index in [1.807, 2.05) is 13.8 Å². The number of halogens is 1. The quantitative estimate of drug-likeness (QED) is 0.744. The van der Waals surface area contributed by atoms with Crippen molar-refractivity contribution >= 4 is 33.2 Å². The highest BCUT2D eigenvalue weighted by Crippen LogP contribution is 2.29. The summed E-state index contributed by atoms with van der Waals surface area (Å²) in [5.41, 5.74) is 0.538. The number of rotatable bonds is 6. The average molecular weight is 441 g/mol. The summed E-state index contributed by atoms with van der Waals surface area (Å²) in [6.07, 6.45) is 4.26. The Morgan fingerprint density at radius 2 is 2.14 bits per heavy atom. The summed E-state index contributed by atoms with van der Waals surface area (Å²) < 4.78 is 34.1. The first-order chi connectivity index (χ1) is 13.7. The number of ether oxygens (including phenoxy) is 1. The van der Waals surface area contributed by atoms with Crippen molar-refractivity contribution in [2.45, 2.75) is 37.8 Å². The van der Waals surface area contributed by atoms with Crippen LogP contribution in [0.5, 0.6) is 5.75 Å². The molecule has 0 spiro atoms. The first-order valence-corrected chi connectivity index (χ1v) is 11.2. The number of benzene rings is 1. The lowest BCUT2D eigenvalue weighted by atomic mass is 9.98. The molecule has 1 N–H and O–H groups in total. The Hall–Kier alpha value is -2.10. The van der Waals surface area contributed by atoms with Gasteiger partial charge in [-0.15, -0.1) is 0 Å². The largest absolute Gasteiger partial charge is 0.495 e. The Balaban J connectivity index is 1.70. The molecule has 1 atom stereocenters. The van der Waals surface area contributed by atoms with Crippen LogP contribution < -0.4 is 10.1 Å². The average Bonchev–Trinajstić information content (AvgIpc) is 3.20. The molecule has 0 aliphatic carbocycles. The van der Waals surface area contributed by atoms with Gasteiger partial charge in [0, 0.05) is 31.0 Å². The zero-order valence-corrected chi connectivity index (χ0v) is 18.2. The SMILES string of the molecule is COc1ccc(NC(=O)C2CCCN(S(=O)(=O)c3cn(C(C)C)cn3)C2)cc1Cl. The molecule has 1 amide bonds. The van der Waals surface area contributed by atoms with Crippen LogP contribution in [-0.2, 0) is 14.8 Å². The van der Waals surface area contributed by atoms with E-state index in [4.69, 9.17) is 16.3 Å². The summed E-state index contributed by atoms with van der Waals surface area (Å²) in [6.45, 7) is 4.39. The van der Waals surface area contributed by atoms with Crippen LogP contribution in [0.2, 0.25) is 5.02 Å². The van der Waals surface area contributed by atoms with Gasteiger partial charge in [-0.1, -0.05) is 11.6 Å². The normalized spacial score (nSPS) is 18.0. The molecule has 0 saturated carbocycles. The van der Waals surface area contributed by atoms with Gasteiger partial charge in [-0.25, -0.2) is 13.4 Å². The molecule has 1 aliphatic heterocycles. The van der Waals surface area contributed by atoms with Gasteiger partial charge in [-0.05, 0) is 44.9 Å². The lowest BCUT2D eigenvalue weighted by Gasteiger charge is -2.30. The number of carbonyl (C=O) groups is 1. The summed E-state index contributed by atoms with van der Waals surface area (Å²) in [7, 11) is -2.23. The van der Waals surface area contributed by atoms with Gasteiger partial charge < -0.3 is 14.6 Å². The lowest BCUT2D eigenvalue weighted by molar-refractivity contribution is -0.120. The van der Waals surface area contributed by atoms with Gasteiger partial charge in [0.2, 0.25) is 5.91 Å². The van der Waals surface area contributed by atoms with Gasteiger partial charge in [0.25, 0.3) is 10.0 Å². The Morgan fingerprint density at radius 3 is 2.76 bits per heavy atom. The van der Waals surface area contributed by atoms with Gasteiger partial charge in [0.15, 0.2) is 5.03 Å². The molecule has 158 valence electrons. The first-order valence-electron chi connectivity index (χ1n) is 9.40. The number of hydrogen-bond donors (Lipinski definition) is 1. The standard InChI is InChI=1S/C19H25ClN4O4S/c1-13(2)23-11-18(21-12-23)29(26,27)24-8-4-5-14(10-24)19(25)22-15-6-7-17(28-3)16(20)9-15/h6-7,9,11-14H,4-5,8,10H2,1-3H3,(H,22,25). The maximum atomic E-state index is 13.0. The van der Waals surface area contributed by atoms with Crippen molar-refractivity contribution in [3.05, 3.63) is 35.7 Å². The summed E-state index contributed by atoms with van der Waals surface area (Å²) in [5.74, 6) is -0.175. The number of nitrogens with zero attached hydrogens (tertiary/aromatic N) is 3. The molecule has 1 aromatic heterocycles. The molecule has 29 heavy (non-hydrogen) atoms. The van der Waals surface area contributed by atoms with E-state index >= 15 is 0 Å². The van der Waals surface area contributed by atoms with Crippen molar-refractivity contribution in [1.82, 2.24) is 13.9 Å². The molecular formula is C19H25ClN4O4S. The second-order valence-corrected chi connectivity index (χ2v) is 9.59. The van der Waals surface area contributed by atoms with Crippen molar-refractivity contribution < 1.29 is 17.9 Å². The number of anilines is 1. The summed E-state index contributed by atoms with van der Waals surface area (Å²) in [5, 5.41) is 3.21. The third kappa shape index (κ3) is 4.73. The second-order valence-electron chi connectivity index (χ2n) is 7.29. The van der Waals surface area contributed by atoms with Gasteiger partial charge in [-0.3, -0.25) is 4.79 Å². The Bertz CT molecular complexity index is 990. The minimum Gasteiger partial charge on any atom is -0.495 e. The van der Waals surface area contributed by atoms with Crippen molar-refractivity contribution in [3.63, 3.8) is 0 Å². The highest BCUT2D eigenvalue weighted by molar-refractivity contribution is 7.89. The van der Waals surface area contributed by atoms with E-state index in [1.165, 1.54) is 23.9 Å². The number of sulfonamides is 1. The minimum absolute atomic E-state index is 0.00851. The van der Waals surface area contributed by atoms with Crippen LogP contribution in [-0.4, -0.2) is 48.4 Å². The topological polar surface area (TPSA) is 93.5 Å². The van der Waals surface area contributed by atoms with Gasteiger partial charge in [-0.2, -0.15) is 4.31 Å². The summed E-state index contributed by atoms with van der Waals surface area (Å²) >= 11 is 6.10. The first kappa shape index (κ1) is 21.6. The van der Waals surface area contributed by atoms with Crippen LogP contribution in [0.4, 0.5) is 5.69 Å². The Labute approximate surface area is 175 Å². The fourth-order valence-corrected chi connectivity index (χ4v) is 4.93. The zero-order chi connectivity index (χ0) is 21.2. The van der Waals surface area contributed by atoms with E-state index in [0.29, 0.717) is 35.8 Å². The van der Waals surface area contributed by atoms with Crippen LogP contribution >= 0.6 is 11.6 Å². The Morgan fingerprint density at radius 1 is 1.38 bits per heavy atom. The fraction of sp³-hybridized carbons (Fsp3) is 0.474. The fourth-order valence-electron chi connectivity index (χ4n) is 3.23. The summed E-state index contributed by atoms with van der Waals surface area (Å²) in [6, 6.07) is 5.08. The van der Waals surface area contributed by atoms with Crippen LogP contribution in [0.15, 0.2) is 35.7 Å². The molecule has 1 fully saturated rings. The molecule has 1 aromatic carbocycles. The molecule has 1 saturated heterocycles. The number of aromatic nitrogens is 2. The monoisotopic (exact) mass is 440 g/mol. The van der Waals surface area contributed by atoms with Crippen LogP contribution in [0, 0.1) is 5.92 Å². The number of carbonyl (C=O) groups excluding carboxylic acids is 1. The molecule has 1 unspecified atom stereocenters. The second kappa shape index (κ2) is 8.73. The molecular weight excluding hydrogens is 416 g/mol. The van der Waals surface area contributed by atoms with Crippen molar-refractivity contribution in [2.24, 2.45) is 5.92 Å². The molecule has 10 heteroatoms. The van der Waals surface area contributed by atoms with E-state index in [1.54, 1.807) is 22.8 Å². The molecule has 2 heterocycles. The highest BCUT2D eigenvalue weighted by Gasteiger charge is 2.34. The van der Waals surface area contributed by atoms with Crippen molar-refractivity contribution in [2.75, 3.05) is 25.5 Å². The third-order valence-electron chi connectivity index (χ3n) is 4.95. The Kier molecular flexibility index (Phi) is 6.50.